The van der Waals surface area contributed by atoms with E-state index in [1.54, 1.807) is 0 Å². The summed E-state index contributed by atoms with van der Waals surface area (Å²) >= 11 is 0. The van der Waals surface area contributed by atoms with E-state index in [4.69, 9.17) is 4.74 Å². The van der Waals surface area contributed by atoms with Gasteiger partial charge in [-0.15, -0.1) is 0 Å². The minimum absolute atomic E-state index is 0.0326. The molecule has 1 aliphatic heterocycles. The quantitative estimate of drug-likeness (QED) is 0.318. The fourth-order valence-electron chi connectivity index (χ4n) is 3.39. The molecule has 0 aromatic carbocycles. The van der Waals surface area contributed by atoms with Crippen LogP contribution in [-0.2, 0) is 9.53 Å². The molecule has 3 nitrogen and oxygen atoms in total. The van der Waals surface area contributed by atoms with Crippen molar-refractivity contribution in [1.29, 1.82) is 0 Å². The third kappa shape index (κ3) is 11.6. The average Bonchev–Trinajstić information content (AvgIpc) is 2.93. The molecule has 0 amide bonds. The number of hydrogen-bond donors (Lipinski definition) is 1. The highest BCUT2D eigenvalue weighted by molar-refractivity contribution is 5.71. The third-order valence-corrected chi connectivity index (χ3v) is 4.89. The Kier molecular flexibility index (Phi) is 12.3. The second kappa shape index (κ2) is 13.8. The molecule has 23 heavy (non-hydrogen) atoms. The number of hydrogen-bond acceptors (Lipinski definition) is 3. The summed E-state index contributed by atoms with van der Waals surface area (Å²) in [5.41, 5.74) is 0. The Bertz CT molecular complexity index is 291. The summed E-state index contributed by atoms with van der Waals surface area (Å²) in [4.78, 5) is 11.0. The molecule has 1 aliphatic rings. The van der Waals surface area contributed by atoms with Crippen molar-refractivity contribution in [3.8, 4) is 0 Å². The molecule has 3 heteroatoms. The molecule has 0 bridgehead atoms. The molecular formula is C20H38O3. The Morgan fingerprint density at radius 1 is 0.957 bits per heavy atom. The molecular weight excluding hydrogens is 288 g/mol. The summed E-state index contributed by atoms with van der Waals surface area (Å²) in [5.74, 6) is -0.104. The first kappa shape index (κ1) is 20.5. The van der Waals surface area contributed by atoms with Gasteiger partial charge in [0.25, 0.3) is 0 Å². The number of aliphatic hydroxyl groups is 1. The third-order valence-electron chi connectivity index (χ3n) is 4.89. The second-order valence-electron chi connectivity index (χ2n) is 7.22. The van der Waals surface area contributed by atoms with E-state index >= 15 is 0 Å². The molecule has 1 rings (SSSR count). The Morgan fingerprint density at radius 3 is 1.96 bits per heavy atom. The maximum atomic E-state index is 11.0. The van der Waals surface area contributed by atoms with Crippen LogP contribution in [-0.4, -0.2) is 23.3 Å². The molecule has 1 heterocycles. The number of rotatable bonds is 15. The van der Waals surface area contributed by atoms with Gasteiger partial charge in [-0.05, 0) is 12.8 Å². The Morgan fingerprint density at radius 2 is 1.48 bits per heavy atom. The molecule has 0 saturated carbocycles. The van der Waals surface area contributed by atoms with Gasteiger partial charge in [-0.25, -0.2) is 0 Å². The fourth-order valence-corrected chi connectivity index (χ4v) is 3.39. The first-order chi connectivity index (χ1) is 11.2. The van der Waals surface area contributed by atoms with Crippen LogP contribution in [0.2, 0.25) is 0 Å². The van der Waals surface area contributed by atoms with Crippen LogP contribution >= 0.6 is 0 Å². The molecule has 2 unspecified atom stereocenters. The fraction of sp³-hybridized carbons (Fsp3) is 0.950. The molecule has 136 valence electrons. The Balaban J connectivity index is 1.78. The highest BCUT2D eigenvalue weighted by atomic mass is 16.5. The molecule has 0 radical (unpaired) electrons. The van der Waals surface area contributed by atoms with Crippen LogP contribution in [0.3, 0.4) is 0 Å². The van der Waals surface area contributed by atoms with Crippen LogP contribution in [0.25, 0.3) is 0 Å². The van der Waals surface area contributed by atoms with E-state index in [-0.39, 0.29) is 18.2 Å². The van der Waals surface area contributed by atoms with Crippen LogP contribution in [0.4, 0.5) is 0 Å². The maximum Gasteiger partial charge on any atom is 0.306 e. The summed E-state index contributed by atoms with van der Waals surface area (Å²) in [7, 11) is 0. The zero-order valence-electron chi connectivity index (χ0n) is 15.2. The van der Waals surface area contributed by atoms with E-state index in [0.29, 0.717) is 12.8 Å². The number of ether oxygens (including phenoxy) is 1. The second-order valence-corrected chi connectivity index (χ2v) is 7.22. The van der Waals surface area contributed by atoms with E-state index in [9.17, 15) is 9.90 Å². The summed E-state index contributed by atoms with van der Waals surface area (Å²) in [6.45, 7) is 2.27. The largest absolute Gasteiger partial charge is 0.462 e. The van der Waals surface area contributed by atoms with Crippen molar-refractivity contribution in [2.24, 2.45) is 0 Å². The highest BCUT2D eigenvalue weighted by Gasteiger charge is 2.25. The first-order valence-electron chi connectivity index (χ1n) is 10.1. The number of unbranched alkanes of at least 4 members (excludes halogenated alkanes) is 11. The van der Waals surface area contributed by atoms with Crippen LogP contribution < -0.4 is 0 Å². The van der Waals surface area contributed by atoms with Gasteiger partial charge in [-0.2, -0.15) is 0 Å². The Labute approximate surface area is 143 Å². The molecule has 2 atom stereocenters. The van der Waals surface area contributed by atoms with Crippen molar-refractivity contribution in [2.75, 3.05) is 0 Å². The molecule has 1 fully saturated rings. The average molecular weight is 327 g/mol. The van der Waals surface area contributed by atoms with E-state index in [1.165, 1.54) is 70.6 Å². The minimum Gasteiger partial charge on any atom is -0.462 e. The molecule has 0 aromatic heterocycles. The van der Waals surface area contributed by atoms with E-state index in [2.05, 4.69) is 6.92 Å². The van der Waals surface area contributed by atoms with Gasteiger partial charge in [0.05, 0.1) is 6.10 Å². The standard InChI is InChI=1S/C20H38O3/c1-2-3-4-5-6-7-8-9-10-11-12-13-14-18(21)17-19-15-16-20(22)23-19/h18-19,21H,2-17H2,1H3. The van der Waals surface area contributed by atoms with Crippen molar-refractivity contribution in [2.45, 2.75) is 122 Å². The van der Waals surface area contributed by atoms with Gasteiger partial charge in [0.2, 0.25) is 0 Å². The van der Waals surface area contributed by atoms with Gasteiger partial charge in [-0.1, -0.05) is 84.0 Å². The Hall–Kier alpha value is -0.570. The van der Waals surface area contributed by atoms with Crippen molar-refractivity contribution < 1.29 is 14.6 Å². The van der Waals surface area contributed by atoms with Crippen LogP contribution in [0.1, 0.15) is 110 Å². The lowest BCUT2D eigenvalue weighted by atomic mass is 10.0. The molecule has 0 aliphatic carbocycles. The van der Waals surface area contributed by atoms with E-state index in [1.807, 2.05) is 0 Å². The lowest BCUT2D eigenvalue weighted by Crippen LogP contribution is -2.17. The SMILES string of the molecule is CCCCCCCCCCCCCCC(O)CC1CCC(=O)O1. The van der Waals surface area contributed by atoms with Gasteiger partial charge >= 0.3 is 5.97 Å². The number of carbonyl (C=O) groups excluding carboxylic acids is 1. The van der Waals surface area contributed by atoms with E-state index < -0.39 is 0 Å². The minimum atomic E-state index is -0.297. The topological polar surface area (TPSA) is 46.5 Å². The van der Waals surface area contributed by atoms with Crippen molar-refractivity contribution in [3.63, 3.8) is 0 Å². The number of esters is 1. The number of carbonyl (C=O) groups is 1. The van der Waals surface area contributed by atoms with Gasteiger partial charge < -0.3 is 9.84 Å². The summed E-state index contributed by atoms with van der Waals surface area (Å²) < 4.78 is 5.15. The zero-order valence-corrected chi connectivity index (χ0v) is 15.2. The molecule has 1 saturated heterocycles. The van der Waals surface area contributed by atoms with Crippen molar-refractivity contribution >= 4 is 5.97 Å². The van der Waals surface area contributed by atoms with Gasteiger partial charge in [0.1, 0.15) is 6.10 Å². The molecule has 0 aromatic rings. The van der Waals surface area contributed by atoms with Crippen molar-refractivity contribution in [3.05, 3.63) is 0 Å². The lowest BCUT2D eigenvalue weighted by molar-refractivity contribution is -0.142. The highest BCUT2D eigenvalue weighted by Crippen LogP contribution is 2.20. The van der Waals surface area contributed by atoms with Gasteiger partial charge in [-0.3, -0.25) is 4.79 Å². The molecule has 0 spiro atoms. The zero-order chi connectivity index (χ0) is 16.8. The normalized spacial score (nSPS) is 19.0. The summed E-state index contributed by atoms with van der Waals surface area (Å²) in [6.07, 6.45) is 18.6. The molecule has 1 N–H and O–H groups in total. The van der Waals surface area contributed by atoms with Gasteiger partial charge in [0.15, 0.2) is 0 Å². The maximum absolute atomic E-state index is 11.0. The monoisotopic (exact) mass is 326 g/mol. The van der Waals surface area contributed by atoms with Crippen LogP contribution in [0.15, 0.2) is 0 Å². The number of aliphatic hydroxyl groups excluding tert-OH is 1. The van der Waals surface area contributed by atoms with Crippen molar-refractivity contribution in [1.82, 2.24) is 0 Å². The predicted molar refractivity (Wildman–Crippen MR) is 95.4 cm³/mol. The summed E-state index contributed by atoms with van der Waals surface area (Å²) in [5, 5.41) is 9.97. The van der Waals surface area contributed by atoms with Crippen LogP contribution in [0.5, 0.6) is 0 Å². The van der Waals surface area contributed by atoms with Gasteiger partial charge in [0, 0.05) is 12.8 Å². The lowest BCUT2D eigenvalue weighted by Gasteiger charge is -2.14. The first-order valence-corrected chi connectivity index (χ1v) is 10.1. The number of cyclic esters (lactones) is 1. The smallest absolute Gasteiger partial charge is 0.306 e. The van der Waals surface area contributed by atoms with E-state index in [0.717, 1.165) is 19.3 Å². The summed E-state index contributed by atoms with van der Waals surface area (Å²) in [6, 6.07) is 0. The van der Waals surface area contributed by atoms with Crippen LogP contribution in [0, 0.1) is 0 Å². The predicted octanol–water partition coefficient (Wildman–Crippen LogP) is 5.53.